The normalized spacial score (nSPS) is 15.4. The van der Waals surface area contributed by atoms with Crippen LogP contribution < -0.4 is 4.90 Å². The predicted octanol–water partition coefficient (Wildman–Crippen LogP) is 0.903. The van der Waals surface area contributed by atoms with Gasteiger partial charge in [0.2, 0.25) is 5.95 Å². The van der Waals surface area contributed by atoms with Crippen LogP contribution in [-0.2, 0) is 6.54 Å². The summed E-state index contributed by atoms with van der Waals surface area (Å²) in [7, 11) is 0. The topological polar surface area (TPSA) is 100 Å². The maximum Gasteiger partial charge on any atom is 0.276 e. The molecule has 29 heavy (non-hydrogen) atoms. The average molecular weight is 397 g/mol. The lowest BCUT2D eigenvalue weighted by Crippen LogP contribution is -2.49. The second kappa shape index (κ2) is 8.31. The summed E-state index contributed by atoms with van der Waals surface area (Å²) >= 11 is 0. The molecule has 2 aromatic heterocycles. The maximum absolute atomic E-state index is 13.8. The minimum Gasteiger partial charge on any atom is -0.386 e. The Bertz CT molecular complexity index is 973. The zero-order valence-corrected chi connectivity index (χ0v) is 15.6. The molecule has 1 aliphatic rings. The molecule has 150 valence electrons. The number of carbonyl (C=O) groups excluding carboxylic acids is 1. The highest BCUT2D eigenvalue weighted by molar-refractivity contribution is 5.92. The van der Waals surface area contributed by atoms with Crippen LogP contribution in [0.4, 0.5) is 10.3 Å². The minimum atomic E-state index is -1.09. The Morgan fingerprint density at radius 3 is 2.55 bits per heavy atom. The van der Waals surface area contributed by atoms with Crippen molar-refractivity contribution in [2.24, 2.45) is 0 Å². The Hall–Kier alpha value is -3.40. The first-order chi connectivity index (χ1) is 14.1. The number of benzene rings is 1. The number of rotatable bonds is 5. The van der Waals surface area contributed by atoms with Gasteiger partial charge in [-0.05, 0) is 12.1 Å². The summed E-state index contributed by atoms with van der Waals surface area (Å²) in [5.74, 6) is -0.0744. The molecule has 3 heterocycles. The summed E-state index contributed by atoms with van der Waals surface area (Å²) in [6, 6.07) is 7.77. The minimum absolute atomic E-state index is 0.000334. The van der Waals surface area contributed by atoms with Crippen molar-refractivity contribution < 1.29 is 14.3 Å². The number of anilines is 1. The molecule has 0 aliphatic carbocycles. The van der Waals surface area contributed by atoms with E-state index in [2.05, 4.69) is 20.3 Å². The monoisotopic (exact) mass is 397 g/mol. The summed E-state index contributed by atoms with van der Waals surface area (Å²) in [4.78, 5) is 24.9. The molecule has 1 aromatic carbocycles. The molecular formula is C19H20FN7O2. The van der Waals surface area contributed by atoms with Gasteiger partial charge in [-0.1, -0.05) is 23.4 Å². The molecule has 0 unspecified atom stereocenters. The molecule has 1 N–H and O–H groups in total. The Morgan fingerprint density at radius 2 is 1.83 bits per heavy atom. The highest BCUT2D eigenvalue weighted by Crippen LogP contribution is 2.18. The number of amides is 1. The number of hydrogen-bond acceptors (Lipinski definition) is 7. The van der Waals surface area contributed by atoms with Crippen molar-refractivity contribution >= 4 is 11.9 Å². The number of hydrogen-bond donors (Lipinski definition) is 1. The van der Waals surface area contributed by atoms with Crippen molar-refractivity contribution in [1.29, 1.82) is 0 Å². The second-order valence-electron chi connectivity index (χ2n) is 6.69. The van der Waals surface area contributed by atoms with Crippen LogP contribution in [0.5, 0.6) is 0 Å². The van der Waals surface area contributed by atoms with Crippen molar-refractivity contribution in [3.8, 4) is 0 Å². The summed E-state index contributed by atoms with van der Waals surface area (Å²) in [5, 5.41) is 18.1. The van der Waals surface area contributed by atoms with Crippen LogP contribution in [-0.4, -0.2) is 67.1 Å². The SMILES string of the molecule is O=C(c1cn(C[C@@H](O)c2ccccc2F)nn1)N1CCN(c2ncccn2)CC1. The molecule has 1 aliphatic heterocycles. The summed E-state index contributed by atoms with van der Waals surface area (Å²) in [6.07, 6.45) is 3.76. The number of aromatic nitrogens is 5. The van der Waals surface area contributed by atoms with Crippen LogP contribution in [0.25, 0.3) is 0 Å². The summed E-state index contributed by atoms with van der Waals surface area (Å²) < 4.78 is 15.1. The third-order valence-electron chi connectivity index (χ3n) is 4.78. The predicted molar refractivity (Wildman–Crippen MR) is 102 cm³/mol. The Kier molecular flexibility index (Phi) is 5.43. The van der Waals surface area contributed by atoms with E-state index >= 15 is 0 Å². The van der Waals surface area contributed by atoms with Crippen LogP contribution in [0, 0.1) is 5.82 Å². The van der Waals surface area contributed by atoms with E-state index in [0.717, 1.165) is 0 Å². The van der Waals surface area contributed by atoms with Gasteiger partial charge in [-0.15, -0.1) is 5.10 Å². The zero-order valence-electron chi connectivity index (χ0n) is 15.6. The molecule has 9 nitrogen and oxygen atoms in total. The lowest BCUT2D eigenvalue weighted by atomic mass is 10.1. The van der Waals surface area contributed by atoms with Crippen LogP contribution in [0.3, 0.4) is 0 Å². The van der Waals surface area contributed by atoms with Crippen molar-refractivity contribution in [2.45, 2.75) is 12.6 Å². The van der Waals surface area contributed by atoms with Crippen molar-refractivity contribution in [3.05, 3.63) is 66.0 Å². The fourth-order valence-electron chi connectivity index (χ4n) is 3.23. The molecule has 4 rings (SSSR count). The van der Waals surface area contributed by atoms with E-state index in [1.54, 1.807) is 35.5 Å². The third-order valence-corrected chi connectivity index (χ3v) is 4.78. The largest absolute Gasteiger partial charge is 0.386 e. The molecule has 1 saturated heterocycles. The smallest absolute Gasteiger partial charge is 0.276 e. The lowest BCUT2D eigenvalue weighted by molar-refractivity contribution is 0.0740. The lowest BCUT2D eigenvalue weighted by Gasteiger charge is -2.34. The molecule has 1 amide bonds. The van der Waals surface area contributed by atoms with Gasteiger partial charge in [-0.2, -0.15) is 0 Å². The Morgan fingerprint density at radius 1 is 1.10 bits per heavy atom. The van der Waals surface area contributed by atoms with Gasteiger partial charge in [0.1, 0.15) is 11.9 Å². The number of piperazine rings is 1. The quantitative estimate of drug-likeness (QED) is 0.683. The van der Waals surface area contributed by atoms with Gasteiger partial charge >= 0.3 is 0 Å². The van der Waals surface area contributed by atoms with E-state index in [-0.39, 0.29) is 23.7 Å². The van der Waals surface area contributed by atoms with Gasteiger partial charge in [0.15, 0.2) is 5.69 Å². The fraction of sp³-hybridized carbons (Fsp3) is 0.316. The number of aliphatic hydroxyl groups excluding tert-OH is 1. The highest BCUT2D eigenvalue weighted by atomic mass is 19.1. The molecule has 0 bridgehead atoms. The second-order valence-corrected chi connectivity index (χ2v) is 6.69. The number of nitrogens with zero attached hydrogens (tertiary/aromatic N) is 7. The highest BCUT2D eigenvalue weighted by Gasteiger charge is 2.25. The van der Waals surface area contributed by atoms with E-state index in [0.29, 0.717) is 32.1 Å². The van der Waals surface area contributed by atoms with E-state index in [1.165, 1.54) is 23.0 Å². The molecule has 10 heteroatoms. The first kappa shape index (κ1) is 18.9. The number of carbonyl (C=O) groups is 1. The summed E-state index contributed by atoms with van der Waals surface area (Å²) in [5.41, 5.74) is 0.366. The molecular weight excluding hydrogens is 377 g/mol. The standard InChI is InChI=1S/C19H20FN7O2/c20-15-5-2-1-4-14(15)17(28)13-27-12-16(23-24-27)18(29)25-8-10-26(11-9-25)19-21-6-3-7-22-19/h1-7,12,17,28H,8-11,13H2/t17-/m1/s1. The molecule has 1 fully saturated rings. The van der Waals surface area contributed by atoms with Crippen molar-refractivity contribution in [2.75, 3.05) is 31.1 Å². The van der Waals surface area contributed by atoms with E-state index in [4.69, 9.17) is 0 Å². The van der Waals surface area contributed by atoms with Crippen LogP contribution >= 0.6 is 0 Å². The van der Waals surface area contributed by atoms with Crippen LogP contribution in [0.2, 0.25) is 0 Å². The molecule has 3 aromatic rings. The van der Waals surface area contributed by atoms with Gasteiger partial charge in [0, 0.05) is 44.1 Å². The Balaban J connectivity index is 1.36. The maximum atomic E-state index is 13.8. The fourth-order valence-corrected chi connectivity index (χ4v) is 3.23. The third kappa shape index (κ3) is 4.21. The zero-order chi connectivity index (χ0) is 20.2. The van der Waals surface area contributed by atoms with Gasteiger partial charge in [-0.3, -0.25) is 4.79 Å². The van der Waals surface area contributed by atoms with Gasteiger partial charge in [0.25, 0.3) is 5.91 Å². The molecule has 0 spiro atoms. The molecule has 0 saturated carbocycles. The van der Waals surface area contributed by atoms with Crippen LogP contribution in [0.1, 0.15) is 22.2 Å². The first-order valence-corrected chi connectivity index (χ1v) is 9.25. The first-order valence-electron chi connectivity index (χ1n) is 9.25. The summed E-state index contributed by atoms with van der Waals surface area (Å²) in [6.45, 7) is 2.27. The van der Waals surface area contributed by atoms with Crippen LogP contribution in [0.15, 0.2) is 48.9 Å². The van der Waals surface area contributed by atoms with E-state index in [1.807, 2.05) is 4.90 Å². The van der Waals surface area contributed by atoms with Crippen molar-refractivity contribution in [1.82, 2.24) is 29.9 Å². The van der Waals surface area contributed by atoms with Gasteiger partial charge in [0.05, 0.1) is 12.7 Å². The average Bonchev–Trinajstić information content (AvgIpc) is 3.22. The van der Waals surface area contributed by atoms with Gasteiger partial charge < -0.3 is 14.9 Å². The van der Waals surface area contributed by atoms with E-state index in [9.17, 15) is 14.3 Å². The molecule has 0 radical (unpaired) electrons. The van der Waals surface area contributed by atoms with E-state index < -0.39 is 11.9 Å². The molecule has 1 atom stereocenters. The van der Waals surface area contributed by atoms with Gasteiger partial charge in [-0.25, -0.2) is 19.0 Å². The Labute approximate surface area is 166 Å². The number of aliphatic hydroxyl groups is 1. The van der Waals surface area contributed by atoms with Crippen molar-refractivity contribution in [3.63, 3.8) is 0 Å². The number of halogens is 1.